The first-order valence-corrected chi connectivity index (χ1v) is 6.04. The molecule has 7 heteroatoms. The minimum absolute atomic E-state index is 0.130. The summed E-state index contributed by atoms with van der Waals surface area (Å²) in [7, 11) is 4.63. The molecule has 1 saturated heterocycles. The summed E-state index contributed by atoms with van der Waals surface area (Å²) in [5, 5.41) is 0. The molecule has 0 spiro atoms. The van der Waals surface area contributed by atoms with E-state index >= 15 is 0 Å². The molecule has 0 aromatic carbocycles. The van der Waals surface area contributed by atoms with Crippen molar-refractivity contribution in [3.05, 3.63) is 33.1 Å². The Hall–Kier alpha value is -1.44. The van der Waals surface area contributed by atoms with Crippen LogP contribution in [0, 0.1) is 0 Å². The summed E-state index contributed by atoms with van der Waals surface area (Å²) in [4.78, 5) is 23.4. The van der Waals surface area contributed by atoms with Crippen molar-refractivity contribution >= 4 is 0 Å². The largest absolute Gasteiger partial charge is 0.382 e. The number of nitrogens with zero attached hydrogens (tertiary/aromatic N) is 2. The van der Waals surface area contributed by atoms with Gasteiger partial charge in [0.15, 0.2) is 0 Å². The lowest BCUT2D eigenvalue weighted by Crippen LogP contribution is -2.38. The fourth-order valence-electron chi connectivity index (χ4n) is 2.24. The highest BCUT2D eigenvalue weighted by Crippen LogP contribution is 2.29. The molecule has 1 aliphatic heterocycles. The maximum atomic E-state index is 12.0. The van der Waals surface area contributed by atoms with E-state index in [0.717, 1.165) is 4.57 Å². The van der Waals surface area contributed by atoms with Crippen molar-refractivity contribution in [2.24, 2.45) is 7.05 Å². The molecule has 0 bridgehead atoms. The zero-order chi connectivity index (χ0) is 14.0. The molecule has 2 heterocycles. The van der Waals surface area contributed by atoms with Crippen molar-refractivity contribution in [2.45, 2.75) is 24.9 Å². The average molecular weight is 270 g/mol. The Morgan fingerprint density at radius 3 is 2.79 bits per heavy atom. The molecular weight excluding hydrogens is 252 g/mol. The zero-order valence-electron chi connectivity index (χ0n) is 11.2. The topological polar surface area (TPSA) is 71.7 Å². The number of rotatable bonds is 4. The minimum Gasteiger partial charge on any atom is -0.382 e. The van der Waals surface area contributed by atoms with Gasteiger partial charge in [-0.2, -0.15) is 0 Å². The van der Waals surface area contributed by atoms with Gasteiger partial charge in [0.1, 0.15) is 12.3 Å². The summed E-state index contributed by atoms with van der Waals surface area (Å²) >= 11 is 0. The Labute approximate surface area is 110 Å². The number of hydrogen-bond donors (Lipinski definition) is 0. The Morgan fingerprint density at radius 2 is 2.16 bits per heavy atom. The van der Waals surface area contributed by atoms with Crippen molar-refractivity contribution < 1.29 is 14.2 Å². The van der Waals surface area contributed by atoms with E-state index in [1.807, 2.05) is 0 Å². The molecule has 2 rings (SSSR count). The van der Waals surface area contributed by atoms with Gasteiger partial charge in [-0.1, -0.05) is 0 Å². The molecule has 1 aromatic rings. The molecule has 0 radical (unpaired) electrons. The van der Waals surface area contributed by atoms with Crippen molar-refractivity contribution in [2.75, 3.05) is 20.8 Å². The van der Waals surface area contributed by atoms with Gasteiger partial charge in [0.05, 0.1) is 12.7 Å². The van der Waals surface area contributed by atoms with Crippen LogP contribution in [0.5, 0.6) is 0 Å². The van der Waals surface area contributed by atoms with Crippen LogP contribution in [0.15, 0.2) is 21.9 Å². The highest BCUT2D eigenvalue weighted by Gasteiger charge is 2.36. The maximum absolute atomic E-state index is 12.0. The van der Waals surface area contributed by atoms with Gasteiger partial charge in [0, 0.05) is 40.0 Å². The lowest BCUT2D eigenvalue weighted by atomic mass is 10.2. The molecule has 0 N–H and O–H groups in total. The number of methoxy groups -OCH3 is 2. The van der Waals surface area contributed by atoms with Crippen LogP contribution in [0.2, 0.25) is 0 Å². The van der Waals surface area contributed by atoms with Crippen LogP contribution in [-0.2, 0) is 21.3 Å². The number of ether oxygens (including phenoxy) is 3. The highest BCUT2D eigenvalue weighted by atomic mass is 16.6. The summed E-state index contributed by atoms with van der Waals surface area (Å²) in [5.74, 6) is 0. The smallest absolute Gasteiger partial charge is 0.332 e. The third-order valence-corrected chi connectivity index (χ3v) is 3.34. The van der Waals surface area contributed by atoms with E-state index in [4.69, 9.17) is 14.2 Å². The molecule has 19 heavy (non-hydrogen) atoms. The summed E-state index contributed by atoms with van der Waals surface area (Å²) in [6.45, 7) is 0.398. The normalized spacial score (nSPS) is 26.8. The molecule has 1 fully saturated rings. The molecule has 1 aliphatic rings. The zero-order valence-corrected chi connectivity index (χ0v) is 11.2. The van der Waals surface area contributed by atoms with Gasteiger partial charge in [0.25, 0.3) is 5.56 Å². The van der Waals surface area contributed by atoms with Gasteiger partial charge in [0.2, 0.25) is 0 Å². The second-order valence-corrected chi connectivity index (χ2v) is 4.50. The van der Waals surface area contributed by atoms with Gasteiger partial charge < -0.3 is 14.2 Å². The van der Waals surface area contributed by atoms with Crippen LogP contribution in [0.3, 0.4) is 0 Å². The fraction of sp³-hybridized carbons (Fsp3) is 0.667. The predicted octanol–water partition coefficient (Wildman–Crippen LogP) is -0.504. The minimum atomic E-state index is -0.440. The number of hydrogen-bond acceptors (Lipinski definition) is 5. The monoisotopic (exact) mass is 270 g/mol. The third-order valence-electron chi connectivity index (χ3n) is 3.34. The first-order valence-electron chi connectivity index (χ1n) is 6.04. The van der Waals surface area contributed by atoms with Crippen molar-refractivity contribution in [3.63, 3.8) is 0 Å². The summed E-state index contributed by atoms with van der Waals surface area (Å²) in [6, 6.07) is 1.34. The second kappa shape index (κ2) is 5.68. The van der Waals surface area contributed by atoms with E-state index in [1.54, 1.807) is 14.2 Å². The molecule has 0 aliphatic carbocycles. The molecule has 3 atom stereocenters. The average Bonchev–Trinajstić information content (AvgIpc) is 2.79. The predicted molar refractivity (Wildman–Crippen MR) is 67.1 cm³/mol. The lowest BCUT2D eigenvalue weighted by Gasteiger charge is -2.16. The molecule has 1 aromatic heterocycles. The van der Waals surface area contributed by atoms with Crippen LogP contribution in [-0.4, -0.2) is 42.2 Å². The van der Waals surface area contributed by atoms with Crippen LogP contribution >= 0.6 is 0 Å². The summed E-state index contributed by atoms with van der Waals surface area (Å²) < 4.78 is 18.6. The molecular formula is C12H18N2O5. The maximum Gasteiger partial charge on any atom is 0.332 e. The van der Waals surface area contributed by atoms with Crippen molar-refractivity contribution in [1.82, 2.24) is 9.13 Å². The molecule has 106 valence electrons. The second-order valence-electron chi connectivity index (χ2n) is 4.50. The SMILES string of the molecule is COCC1OC(n2ccc(=O)n(C)c2=O)CC1OC. The van der Waals surface area contributed by atoms with Gasteiger partial charge in [-0.05, 0) is 0 Å². The molecule has 0 amide bonds. The van der Waals surface area contributed by atoms with Gasteiger partial charge in [-0.3, -0.25) is 13.9 Å². The van der Waals surface area contributed by atoms with Crippen molar-refractivity contribution in [1.29, 1.82) is 0 Å². The van der Waals surface area contributed by atoms with E-state index in [1.165, 1.54) is 23.9 Å². The summed E-state index contributed by atoms with van der Waals surface area (Å²) in [5.41, 5.74) is -0.735. The Bertz CT molecular complexity index is 550. The van der Waals surface area contributed by atoms with Crippen LogP contribution in [0.25, 0.3) is 0 Å². The van der Waals surface area contributed by atoms with E-state index in [2.05, 4.69) is 0 Å². The van der Waals surface area contributed by atoms with Gasteiger partial charge in [-0.15, -0.1) is 0 Å². The Morgan fingerprint density at radius 1 is 1.42 bits per heavy atom. The standard InChI is InChI=1S/C12H18N2O5/c1-13-10(15)4-5-14(12(13)16)11-6-8(18-3)9(19-11)7-17-2/h4-5,8-9,11H,6-7H2,1-3H3. The van der Waals surface area contributed by atoms with Crippen LogP contribution < -0.4 is 11.2 Å². The first kappa shape index (κ1) is 14.0. The highest BCUT2D eigenvalue weighted by molar-refractivity contribution is 4.90. The van der Waals surface area contributed by atoms with E-state index in [9.17, 15) is 9.59 Å². The molecule has 7 nitrogen and oxygen atoms in total. The lowest BCUT2D eigenvalue weighted by molar-refractivity contribution is -0.0620. The molecule has 0 saturated carbocycles. The van der Waals surface area contributed by atoms with E-state index in [-0.39, 0.29) is 17.8 Å². The fourth-order valence-corrected chi connectivity index (χ4v) is 2.24. The van der Waals surface area contributed by atoms with Gasteiger partial charge in [-0.25, -0.2) is 4.79 Å². The van der Waals surface area contributed by atoms with E-state index in [0.29, 0.717) is 13.0 Å². The van der Waals surface area contributed by atoms with Crippen LogP contribution in [0.4, 0.5) is 0 Å². The van der Waals surface area contributed by atoms with Crippen molar-refractivity contribution in [3.8, 4) is 0 Å². The third kappa shape index (κ3) is 2.63. The molecule has 3 unspecified atom stereocenters. The van der Waals surface area contributed by atoms with E-state index < -0.39 is 11.9 Å². The van der Waals surface area contributed by atoms with Gasteiger partial charge >= 0.3 is 5.69 Å². The number of aromatic nitrogens is 2. The Kier molecular flexibility index (Phi) is 4.18. The van der Waals surface area contributed by atoms with Crippen LogP contribution in [0.1, 0.15) is 12.6 Å². The summed E-state index contributed by atoms with van der Waals surface area (Å²) in [6.07, 6.45) is 1.21. The quantitative estimate of drug-likeness (QED) is 0.737. The Balaban J connectivity index is 2.27. The first-order chi connectivity index (χ1) is 9.08.